The first-order valence-corrected chi connectivity index (χ1v) is 4.01. The van der Waals surface area contributed by atoms with E-state index in [-0.39, 0.29) is 0 Å². The summed E-state index contributed by atoms with van der Waals surface area (Å²) in [5, 5.41) is 5.31. The minimum absolute atomic E-state index is 1.35. The smallest absolute Gasteiger partial charge is 0.0620 e. The van der Waals surface area contributed by atoms with Crippen molar-refractivity contribution >= 4 is 27.5 Å². The minimum atomic E-state index is 1.35. The van der Waals surface area contributed by atoms with Crippen LogP contribution >= 0.6 is 27.5 Å². The fraction of sp³-hybridized carbons (Fsp3) is 0.333. The first-order chi connectivity index (χ1) is 3.50. The van der Waals surface area contributed by atoms with Crippen molar-refractivity contribution in [2.45, 2.75) is 0 Å². The molecule has 0 aromatic carbocycles. The summed E-state index contributed by atoms with van der Waals surface area (Å²) in [6.45, 7) is 0. The minimum Gasteiger partial charge on any atom is -0.147 e. The van der Waals surface area contributed by atoms with Gasteiger partial charge in [-0.1, -0.05) is 20.4 Å². The molecule has 0 aliphatic heterocycles. The third-order valence-electron chi connectivity index (χ3n) is 0.283. The molecule has 0 bridgehead atoms. The van der Waals surface area contributed by atoms with Crippen molar-refractivity contribution in [3.05, 3.63) is 11.6 Å². The number of nitrogens with zero attached hydrogens (tertiary/aromatic N) is 2. The number of rotatable bonds is 0. The van der Waals surface area contributed by atoms with Crippen LogP contribution in [0.1, 0.15) is 0 Å². The van der Waals surface area contributed by atoms with E-state index in [2.05, 4.69) is 25.5 Å². The van der Waals surface area contributed by atoms with Gasteiger partial charge in [0.2, 0.25) is 0 Å². The number of halogens is 1. The molecule has 2 nitrogen and oxygen atoms in total. The molecule has 1 aromatic rings. The summed E-state index contributed by atoms with van der Waals surface area (Å²) in [7, 11) is 0. The Bertz CT molecular complexity index is 69.4. The van der Waals surface area contributed by atoms with Gasteiger partial charge in [0.05, 0.1) is 6.20 Å². The lowest BCUT2D eigenvalue weighted by Crippen LogP contribution is -1.51. The zero-order valence-electron chi connectivity index (χ0n) is 3.84. The third-order valence-corrected chi connectivity index (χ3v) is 0.715. The molecule has 0 atom stereocenters. The van der Waals surface area contributed by atoms with Gasteiger partial charge in [-0.05, 0) is 17.4 Å². The zero-order valence-corrected chi connectivity index (χ0v) is 6.24. The van der Waals surface area contributed by atoms with Gasteiger partial charge < -0.3 is 0 Å². The number of aromatic nitrogens is 2. The highest BCUT2D eigenvalue weighted by atomic mass is 79.9. The second-order valence-electron chi connectivity index (χ2n) is 0.588. The van der Waals surface area contributed by atoms with Crippen LogP contribution in [0.2, 0.25) is 0 Å². The molecule has 7 heavy (non-hydrogen) atoms. The molecule has 0 spiro atoms. The Balaban J connectivity index is 0.000000162. The van der Waals surface area contributed by atoms with Crippen LogP contribution in [0.25, 0.3) is 0 Å². The Morgan fingerprint density at radius 3 is 2.43 bits per heavy atom. The van der Waals surface area contributed by atoms with Crippen LogP contribution in [0.5, 0.6) is 0 Å². The van der Waals surface area contributed by atoms with Gasteiger partial charge in [-0.25, -0.2) is 0 Å². The van der Waals surface area contributed by atoms with Crippen LogP contribution in [-0.2, 0) is 0 Å². The third kappa shape index (κ3) is 3.88. The van der Waals surface area contributed by atoms with E-state index in [4.69, 9.17) is 0 Å². The Kier molecular flexibility index (Phi) is 6.07. The van der Waals surface area contributed by atoms with E-state index in [0.717, 1.165) is 0 Å². The Morgan fingerprint density at radius 1 is 1.57 bits per heavy atom. The van der Waals surface area contributed by atoms with Gasteiger partial charge in [0.15, 0.2) is 0 Å². The lowest BCUT2D eigenvalue weighted by Gasteiger charge is -1.40. The molecule has 1 aromatic heterocycles. The monoisotopic (exact) mass is 180 g/mol. The van der Waals surface area contributed by atoms with Crippen molar-refractivity contribution in [2.24, 2.45) is 0 Å². The number of alkyl halides is 1. The van der Waals surface area contributed by atoms with Crippen LogP contribution in [0.15, 0.2) is 11.6 Å². The summed E-state index contributed by atoms with van der Waals surface area (Å²) < 4.78 is 3.51. The van der Waals surface area contributed by atoms with Gasteiger partial charge in [0, 0.05) is 5.38 Å². The molecule has 0 N–H and O–H groups in total. The van der Waals surface area contributed by atoms with Crippen molar-refractivity contribution < 1.29 is 0 Å². The van der Waals surface area contributed by atoms with E-state index in [1.165, 1.54) is 11.5 Å². The van der Waals surface area contributed by atoms with Crippen LogP contribution in [0.4, 0.5) is 0 Å². The van der Waals surface area contributed by atoms with Crippen LogP contribution in [0.3, 0.4) is 0 Å². The summed E-state index contributed by atoms with van der Waals surface area (Å²) in [6, 6.07) is 0. The standard InChI is InChI=1S/C2H2N2S.CH3Br/c1-2-5-4-3-1;1-2/h1-2H;1H3. The van der Waals surface area contributed by atoms with E-state index >= 15 is 0 Å². The summed E-state index contributed by atoms with van der Waals surface area (Å²) in [4.78, 5) is 0. The molecule has 0 saturated carbocycles. The topological polar surface area (TPSA) is 25.8 Å². The van der Waals surface area contributed by atoms with Gasteiger partial charge >= 0.3 is 0 Å². The molecule has 0 unspecified atom stereocenters. The van der Waals surface area contributed by atoms with E-state index in [1.807, 2.05) is 11.2 Å². The lowest BCUT2D eigenvalue weighted by molar-refractivity contribution is 1.16. The lowest BCUT2D eigenvalue weighted by atomic mass is 11.1. The summed E-state index contributed by atoms with van der Waals surface area (Å²) >= 11 is 4.29. The highest BCUT2D eigenvalue weighted by Gasteiger charge is 1.61. The average molecular weight is 181 g/mol. The predicted molar refractivity (Wildman–Crippen MR) is 34.8 cm³/mol. The van der Waals surface area contributed by atoms with E-state index < -0.39 is 0 Å². The number of hydrogen-bond donors (Lipinski definition) is 0. The highest BCUT2D eigenvalue weighted by molar-refractivity contribution is 9.08. The summed E-state index contributed by atoms with van der Waals surface area (Å²) in [6.07, 6.45) is 1.66. The molecule has 0 radical (unpaired) electrons. The molecular formula is C3H5BrN2S. The van der Waals surface area contributed by atoms with Crippen molar-refractivity contribution in [1.82, 2.24) is 9.59 Å². The van der Waals surface area contributed by atoms with Gasteiger partial charge in [0.25, 0.3) is 0 Å². The fourth-order valence-corrected chi connectivity index (χ4v) is 0.408. The second kappa shape index (κ2) is 6.04. The highest BCUT2D eigenvalue weighted by Crippen LogP contribution is 1.78. The first kappa shape index (κ1) is 7.04. The predicted octanol–water partition coefficient (Wildman–Crippen LogP) is 1.55. The zero-order chi connectivity index (χ0) is 5.54. The molecule has 1 heterocycles. The van der Waals surface area contributed by atoms with Gasteiger partial charge in [-0.15, -0.1) is 5.10 Å². The van der Waals surface area contributed by atoms with Gasteiger partial charge in [-0.3, -0.25) is 0 Å². The summed E-state index contributed by atoms with van der Waals surface area (Å²) in [5.74, 6) is 1.81. The van der Waals surface area contributed by atoms with Gasteiger partial charge in [0.1, 0.15) is 0 Å². The molecule has 0 aliphatic rings. The van der Waals surface area contributed by atoms with E-state index in [1.54, 1.807) is 6.20 Å². The Morgan fingerprint density at radius 2 is 2.29 bits per heavy atom. The van der Waals surface area contributed by atoms with E-state index in [9.17, 15) is 0 Å². The van der Waals surface area contributed by atoms with Crippen molar-refractivity contribution in [1.29, 1.82) is 0 Å². The normalized spacial score (nSPS) is 6.57. The van der Waals surface area contributed by atoms with Crippen molar-refractivity contribution in [3.63, 3.8) is 0 Å². The van der Waals surface area contributed by atoms with Crippen molar-refractivity contribution in [2.75, 3.05) is 5.83 Å². The maximum atomic E-state index is 3.51. The Labute approximate surface area is 54.9 Å². The largest absolute Gasteiger partial charge is 0.147 e. The molecule has 0 amide bonds. The summed E-state index contributed by atoms with van der Waals surface area (Å²) in [5.41, 5.74) is 0. The Hall–Kier alpha value is 0.0400. The van der Waals surface area contributed by atoms with Gasteiger partial charge in [-0.2, -0.15) is 0 Å². The SMILES string of the molecule is CBr.c1csnn1. The first-order valence-electron chi connectivity index (χ1n) is 1.59. The molecule has 40 valence electrons. The molecular weight excluding hydrogens is 176 g/mol. The average Bonchev–Trinajstić information content (AvgIpc) is 2.23. The fourth-order valence-electron chi connectivity index (χ4n) is 0.136. The molecule has 0 aliphatic carbocycles. The molecule has 1 rings (SSSR count). The quantitative estimate of drug-likeness (QED) is 0.567. The van der Waals surface area contributed by atoms with Crippen LogP contribution in [-0.4, -0.2) is 15.4 Å². The van der Waals surface area contributed by atoms with E-state index in [0.29, 0.717) is 0 Å². The molecule has 0 fully saturated rings. The van der Waals surface area contributed by atoms with Crippen LogP contribution < -0.4 is 0 Å². The molecule has 4 heteroatoms. The maximum absolute atomic E-state index is 3.51. The van der Waals surface area contributed by atoms with Crippen molar-refractivity contribution in [3.8, 4) is 0 Å². The van der Waals surface area contributed by atoms with Crippen LogP contribution in [0, 0.1) is 0 Å². The number of hydrogen-bond acceptors (Lipinski definition) is 3. The second-order valence-corrected chi connectivity index (χ2v) is 1.23. The maximum Gasteiger partial charge on any atom is 0.0620 e. The molecule has 0 saturated heterocycles.